The molecule has 0 heterocycles. The third kappa shape index (κ3) is 5.71. The molecule has 2 nitrogen and oxygen atoms in total. The average molecular weight is 255 g/mol. The van der Waals surface area contributed by atoms with Crippen LogP contribution in [-0.2, 0) is 0 Å². The number of aliphatic hydroxyl groups excluding tert-OH is 1. The predicted molar refractivity (Wildman–Crippen MR) is 78.7 cm³/mol. The molecule has 0 unspecified atom stereocenters. The van der Waals surface area contributed by atoms with Gasteiger partial charge in [-0.2, -0.15) is 0 Å². The maximum Gasteiger partial charge on any atom is 0.0695 e. The van der Waals surface area contributed by atoms with Crippen LogP contribution in [0.25, 0.3) is 0 Å². The van der Waals surface area contributed by atoms with E-state index in [1.54, 1.807) is 0 Å². The van der Waals surface area contributed by atoms with Gasteiger partial charge in [0.2, 0.25) is 0 Å². The Bertz CT molecular complexity index is 203. The van der Waals surface area contributed by atoms with E-state index in [4.69, 9.17) is 0 Å². The standard InChI is InChI=1S/C16H33NO/c1-13(2)9-11-17(12-10-14(3)4)15-7-5-6-8-16(15)18/h13-16,18H,5-12H2,1-4H3/t15-,16-/m1/s1. The molecule has 0 radical (unpaired) electrons. The molecular weight excluding hydrogens is 222 g/mol. The summed E-state index contributed by atoms with van der Waals surface area (Å²) in [6, 6.07) is 0.427. The minimum Gasteiger partial charge on any atom is -0.391 e. The summed E-state index contributed by atoms with van der Waals surface area (Å²) in [7, 11) is 0. The molecule has 0 aliphatic heterocycles. The van der Waals surface area contributed by atoms with Crippen LogP contribution >= 0.6 is 0 Å². The van der Waals surface area contributed by atoms with Crippen molar-refractivity contribution in [2.24, 2.45) is 11.8 Å². The van der Waals surface area contributed by atoms with Crippen molar-refractivity contribution in [3.63, 3.8) is 0 Å². The molecule has 1 fully saturated rings. The fourth-order valence-corrected chi connectivity index (χ4v) is 2.81. The molecule has 1 aliphatic rings. The largest absolute Gasteiger partial charge is 0.391 e. The van der Waals surface area contributed by atoms with Crippen molar-refractivity contribution in [1.82, 2.24) is 4.90 Å². The molecule has 1 aliphatic carbocycles. The van der Waals surface area contributed by atoms with Gasteiger partial charge >= 0.3 is 0 Å². The fraction of sp³-hybridized carbons (Fsp3) is 1.00. The van der Waals surface area contributed by atoms with Crippen LogP contribution in [0.5, 0.6) is 0 Å². The van der Waals surface area contributed by atoms with E-state index in [1.807, 2.05) is 0 Å². The highest BCUT2D eigenvalue weighted by atomic mass is 16.3. The van der Waals surface area contributed by atoms with Crippen LogP contribution < -0.4 is 0 Å². The van der Waals surface area contributed by atoms with E-state index < -0.39 is 0 Å². The van der Waals surface area contributed by atoms with Gasteiger partial charge in [-0.3, -0.25) is 4.90 Å². The lowest BCUT2D eigenvalue weighted by Crippen LogP contribution is -2.46. The van der Waals surface area contributed by atoms with Gasteiger partial charge in [-0.25, -0.2) is 0 Å². The van der Waals surface area contributed by atoms with Gasteiger partial charge in [-0.05, 0) is 50.6 Å². The molecule has 2 heteroatoms. The molecule has 0 amide bonds. The van der Waals surface area contributed by atoms with Gasteiger partial charge in [0.15, 0.2) is 0 Å². The Morgan fingerprint density at radius 3 is 1.89 bits per heavy atom. The summed E-state index contributed by atoms with van der Waals surface area (Å²) in [6.45, 7) is 11.5. The van der Waals surface area contributed by atoms with Gasteiger partial charge in [0.05, 0.1) is 6.10 Å². The van der Waals surface area contributed by atoms with Gasteiger partial charge in [0.25, 0.3) is 0 Å². The quantitative estimate of drug-likeness (QED) is 0.750. The Morgan fingerprint density at radius 2 is 1.44 bits per heavy atom. The molecule has 108 valence electrons. The summed E-state index contributed by atoms with van der Waals surface area (Å²) < 4.78 is 0. The number of hydrogen-bond acceptors (Lipinski definition) is 2. The van der Waals surface area contributed by atoms with Crippen LogP contribution in [0.3, 0.4) is 0 Å². The molecule has 18 heavy (non-hydrogen) atoms. The van der Waals surface area contributed by atoms with Crippen molar-refractivity contribution in [1.29, 1.82) is 0 Å². The highest BCUT2D eigenvalue weighted by Gasteiger charge is 2.28. The topological polar surface area (TPSA) is 23.5 Å². The van der Waals surface area contributed by atoms with Crippen molar-refractivity contribution in [3.05, 3.63) is 0 Å². The van der Waals surface area contributed by atoms with E-state index >= 15 is 0 Å². The van der Waals surface area contributed by atoms with E-state index in [1.165, 1.54) is 32.1 Å². The minimum absolute atomic E-state index is 0.0851. The summed E-state index contributed by atoms with van der Waals surface area (Å²) in [6.07, 6.45) is 7.12. The fourth-order valence-electron chi connectivity index (χ4n) is 2.81. The van der Waals surface area contributed by atoms with Crippen molar-refractivity contribution >= 4 is 0 Å². The molecule has 1 saturated carbocycles. The second kappa shape index (κ2) is 8.16. The molecule has 1 N–H and O–H groups in total. The first kappa shape index (κ1) is 16.0. The number of rotatable bonds is 7. The van der Waals surface area contributed by atoms with Gasteiger partial charge in [0, 0.05) is 6.04 Å². The van der Waals surface area contributed by atoms with Crippen LogP contribution in [-0.4, -0.2) is 35.2 Å². The monoisotopic (exact) mass is 255 g/mol. The molecule has 0 bridgehead atoms. The summed E-state index contributed by atoms with van der Waals surface area (Å²) in [5.74, 6) is 1.51. The third-order valence-electron chi connectivity index (χ3n) is 4.15. The first-order valence-corrected chi connectivity index (χ1v) is 7.92. The van der Waals surface area contributed by atoms with Crippen molar-refractivity contribution in [2.75, 3.05) is 13.1 Å². The SMILES string of the molecule is CC(C)CCN(CCC(C)C)[C@@H]1CCCC[C@H]1O. The lowest BCUT2D eigenvalue weighted by Gasteiger charge is -2.38. The third-order valence-corrected chi connectivity index (χ3v) is 4.15. The van der Waals surface area contributed by atoms with E-state index in [0.717, 1.165) is 31.3 Å². The first-order valence-electron chi connectivity index (χ1n) is 7.92. The molecular formula is C16H33NO. The van der Waals surface area contributed by atoms with Crippen molar-refractivity contribution in [2.45, 2.75) is 78.4 Å². The first-order chi connectivity index (χ1) is 8.50. The van der Waals surface area contributed by atoms with Crippen LogP contribution in [0.4, 0.5) is 0 Å². The lowest BCUT2D eigenvalue weighted by molar-refractivity contribution is 0.0157. The number of hydrogen-bond donors (Lipinski definition) is 1. The highest BCUT2D eigenvalue weighted by Crippen LogP contribution is 2.24. The number of aliphatic hydroxyl groups is 1. The van der Waals surface area contributed by atoms with Crippen LogP contribution in [0, 0.1) is 11.8 Å². The Hall–Kier alpha value is -0.0800. The average Bonchev–Trinajstić information content (AvgIpc) is 2.30. The van der Waals surface area contributed by atoms with E-state index in [0.29, 0.717) is 6.04 Å². The van der Waals surface area contributed by atoms with Gasteiger partial charge in [-0.1, -0.05) is 40.5 Å². The molecule has 0 aromatic rings. The molecule has 0 aromatic heterocycles. The number of nitrogens with zero attached hydrogens (tertiary/aromatic N) is 1. The lowest BCUT2D eigenvalue weighted by atomic mass is 9.90. The van der Waals surface area contributed by atoms with Gasteiger partial charge in [0.1, 0.15) is 0 Å². The Morgan fingerprint density at radius 1 is 0.944 bits per heavy atom. The van der Waals surface area contributed by atoms with Gasteiger partial charge < -0.3 is 5.11 Å². The zero-order valence-electron chi connectivity index (χ0n) is 12.9. The van der Waals surface area contributed by atoms with Crippen LogP contribution in [0.1, 0.15) is 66.2 Å². The normalized spacial score (nSPS) is 25.3. The molecule has 0 aromatic carbocycles. The van der Waals surface area contributed by atoms with E-state index in [-0.39, 0.29) is 6.10 Å². The van der Waals surface area contributed by atoms with E-state index in [9.17, 15) is 5.11 Å². The Kier molecular flexibility index (Phi) is 7.25. The molecule has 1 rings (SSSR count). The maximum atomic E-state index is 10.2. The van der Waals surface area contributed by atoms with Gasteiger partial charge in [-0.15, -0.1) is 0 Å². The minimum atomic E-state index is -0.0851. The second-order valence-corrected chi connectivity index (χ2v) is 6.82. The predicted octanol–water partition coefficient (Wildman–Crippen LogP) is 3.68. The van der Waals surface area contributed by atoms with Crippen LogP contribution in [0.15, 0.2) is 0 Å². The molecule has 0 saturated heterocycles. The summed E-state index contributed by atoms with van der Waals surface area (Å²) in [5, 5.41) is 10.2. The van der Waals surface area contributed by atoms with Crippen molar-refractivity contribution in [3.8, 4) is 0 Å². The van der Waals surface area contributed by atoms with E-state index in [2.05, 4.69) is 32.6 Å². The Labute approximate surface area is 114 Å². The molecule has 2 atom stereocenters. The second-order valence-electron chi connectivity index (χ2n) is 6.82. The zero-order valence-corrected chi connectivity index (χ0v) is 12.9. The Balaban J connectivity index is 2.50. The summed E-state index contributed by atoms with van der Waals surface area (Å²) in [5.41, 5.74) is 0. The highest BCUT2D eigenvalue weighted by molar-refractivity contribution is 4.83. The van der Waals surface area contributed by atoms with Crippen molar-refractivity contribution < 1.29 is 5.11 Å². The zero-order chi connectivity index (χ0) is 13.5. The maximum absolute atomic E-state index is 10.2. The smallest absolute Gasteiger partial charge is 0.0695 e. The van der Waals surface area contributed by atoms with Crippen LogP contribution in [0.2, 0.25) is 0 Å². The summed E-state index contributed by atoms with van der Waals surface area (Å²) >= 11 is 0. The summed E-state index contributed by atoms with van der Waals surface area (Å²) in [4.78, 5) is 2.57. The molecule has 0 spiro atoms.